The van der Waals surface area contributed by atoms with E-state index in [9.17, 15) is 13.6 Å². The molecule has 0 aliphatic heterocycles. The zero-order valence-electron chi connectivity index (χ0n) is 10.1. The Morgan fingerprint density at radius 2 is 1.68 bits per heavy atom. The van der Waals surface area contributed by atoms with Gasteiger partial charge in [-0.1, -0.05) is 0 Å². The Hall–Kier alpha value is -2.43. The van der Waals surface area contributed by atoms with E-state index >= 15 is 0 Å². The van der Waals surface area contributed by atoms with E-state index in [4.69, 9.17) is 4.74 Å². The average Bonchev–Trinajstić information content (AvgIpc) is 2.39. The van der Waals surface area contributed by atoms with Gasteiger partial charge in [0.15, 0.2) is 0 Å². The van der Waals surface area contributed by atoms with Gasteiger partial charge in [0.05, 0.1) is 12.8 Å². The van der Waals surface area contributed by atoms with Gasteiger partial charge in [-0.05, 0) is 36.4 Å². The van der Waals surface area contributed by atoms with Crippen molar-refractivity contribution in [2.45, 2.75) is 0 Å². The minimum Gasteiger partial charge on any atom is -0.495 e. The number of halogens is 2. The van der Waals surface area contributed by atoms with Gasteiger partial charge in [-0.3, -0.25) is 4.79 Å². The third-order valence-corrected chi connectivity index (χ3v) is 2.52. The molecule has 0 saturated heterocycles. The molecule has 2 aromatic carbocycles. The molecule has 0 fully saturated rings. The minimum atomic E-state index is -0.491. The first-order valence-electron chi connectivity index (χ1n) is 5.50. The number of nitrogens with one attached hydrogen (secondary N) is 1. The van der Waals surface area contributed by atoms with Crippen LogP contribution in [0.2, 0.25) is 0 Å². The van der Waals surface area contributed by atoms with Crippen LogP contribution in [-0.2, 0) is 0 Å². The molecule has 2 rings (SSSR count). The normalized spacial score (nSPS) is 10.1. The Bertz CT molecular complexity index is 597. The maximum absolute atomic E-state index is 13.1. The molecule has 0 heterocycles. The van der Waals surface area contributed by atoms with Gasteiger partial charge in [-0.15, -0.1) is 0 Å². The molecule has 5 heteroatoms. The smallest absolute Gasteiger partial charge is 0.255 e. The molecule has 98 valence electrons. The summed E-state index contributed by atoms with van der Waals surface area (Å²) in [7, 11) is 1.42. The predicted molar refractivity (Wildman–Crippen MR) is 67.3 cm³/mol. The van der Waals surface area contributed by atoms with Gasteiger partial charge < -0.3 is 10.1 Å². The molecular formula is C14H11F2NO2. The number of methoxy groups -OCH3 is 1. The molecule has 1 N–H and O–H groups in total. The molecule has 0 aliphatic carbocycles. The van der Waals surface area contributed by atoms with Crippen molar-refractivity contribution in [1.82, 2.24) is 0 Å². The number of anilines is 1. The Balaban J connectivity index is 2.23. The van der Waals surface area contributed by atoms with Crippen molar-refractivity contribution in [3.63, 3.8) is 0 Å². The monoisotopic (exact) mass is 263 g/mol. The number of amides is 1. The summed E-state index contributed by atoms with van der Waals surface area (Å²) in [6.45, 7) is 0. The van der Waals surface area contributed by atoms with Gasteiger partial charge in [0.25, 0.3) is 5.91 Å². The SMILES string of the molecule is COc1ccc(F)cc1NC(=O)c1ccc(F)cc1. The van der Waals surface area contributed by atoms with Crippen molar-refractivity contribution in [2.24, 2.45) is 0 Å². The first kappa shape index (κ1) is 13.0. The maximum atomic E-state index is 13.1. The van der Waals surface area contributed by atoms with Gasteiger partial charge in [-0.25, -0.2) is 8.78 Å². The quantitative estimate of drug-likeness (QED) is 0.923. The summed E-state index contributed by atoms with van der Waals surface area (Å²) in [5.41, 5.74) is 0.490. The second-order valence-electron chi connectivity index (χ2n) is 3.81. The van der Waals surface area contributed by atoms with E-state index in [1.807, 2.05) is 0 Å². The van der Waals surface area contributed by atoms with Gasteiger partial charge in [-0.2, -0.15) is 0 Å². The molecule has 0 atom stereocenters. The van der Waals surface area contributed by atoms with Gasteiger partial charge in [0.2, 0.25) is 0 Å². The number of carbonyl (C=O) groups excluding carboxylic acids is 1. The van der Waals surface area contributed by atoms with Crippen LogP contribution in [0.4, 0.5) is 14.5 Å². The molecule has 0 unspecified atom stereocenters. The van der Waals surface area contributed by atoms with E-state index in [0.29, 0.717) is 5.75 Å². The van der Waals surface area contributed by atoms with Crippen LogP contribution in [0.25, 0.3) is 0 Å². The fourth-order valence-corrected chi connectivity index (χ4v) is 1.57. The number of benzene rings is 2. The summed E-state index contributed by atoms with van der Waals surface area (Å²) in [4.78, 5) is 11.9. The highest BCUT2D eigenvalue weighted by Gasteiger charge is 2.10. The number of hydrogen-bond acceptors (Lipinski definition) is 2. The molecule has 0 aromatic heterocycles. The van der Waals surface area contributed by atoms with Crippen molar-refractivity contribution < 1.29 is 18.3 Å². The van der Waals surface area contributed by atoms with E-state index in [0.717, 1.165) is 6.07 Å². The predicted octanol–water partition coefficient (Wildman–Crippen LogP) is 3.23. The van der Waals surface area contributed by atoms with Gasteiger partial charge in [0.1, 0.15) is 17.4 Å². The van der Waals surface area contributed by atoms with Crippen LogP contribution in [0.3, 0.4) is 0 Å². The zero-order chi connectivity index (χ0) is 13.8. The molecule has 0 aliphatic rings. The van der Waals surface area contributed by atoms with Crippen LogP contribution >= 0.6 is 0 Å². The lowest BCUT2D eigenvalue weighted by atomic mass is 10.2. The third-order valence-electron chi connectivity index (χ3n) is 2.52. The summed E-state index contributed by atoms with van der Waals surface area (Å²) < 4.78 is 30.9. The van der Waals surface area contributed by atoms with Crippen molar-refractivity contribution in [1.29, 1.82) is 0 Å². The highest BCUT2D eigenvalue weighted by atomic mass is 19.1. The molecule has 3 nitrogen and oxygen atoms in total. The van der Waals surface area contributed by atoms with E-state index in [1.165, 1.54) is 43.5 Å². The number of carbonyl (C=O) groups is 1. The largest absolute Gasteiger partial charge is 0.495 e. The van der Waals surface area contributed by atoms with Crippen molar-refractivity contribution in [3.05, 3.63) is 59.7 Å². The molecule has 0 bridgehead atoms. The standard InChI is InChI=1S/C14H11F2NO2/c1-19-13-7-6-11(16)8-12(13)17-14(18)9-2-4-10(15)5-3-9/h2-8H,1H3,(H,17,18). The molecule has 0 radical (unpaired) electrons. The number of ether oxygens (including phenoxy) is 1. The van der Waals surface area contributed by atoms with Crippen LogP contribution in [-0.4, -0.2) is 13.0 Å². The van der Waals surface area contributed by atoms with Gasteiger partial charge >= 0.3 is 0 Å². The summed E-state index contributed by atoms with van der Waals surface area (Å²) in [6, 6.07) is 8.84. The van der Waals surface area contributed by atoms with Crippen molar-refractivity contribution in [3.8, 4) is 5.75 Å². The summed E-state index contributed by atoms with van der Waals surface area (Å²) in [5, 5.41) is 2.51. The lowest BCUT2D eigenvalue weighted by Gasteiger charge is -2.10. The molecule has 1 amide bonds. The summed E-state index contributed by atoms with van der Waals surface area (Å²) in [6.07, 6.45) is 0. The van der Waals surface area contributed by atoms with E-state index < -0.39 is 17.5 Å². The van der Waals surface area contributed by atoms with Gasteiger partial charge in [0, 0.05) is 11.6 Å². The second-order valence-corrected chi connectivity index (χ2v) is 3.81. The van der Waals surface area contributed by atoms with Crippen LogP contribution in [0.15, 0.2) is 42.5 Å². The molecule has 0 saturated carbocycles. The Labute approximate surface area is 108 Å². The van der Waals surface area contributed by atoms with Crippen molar-refractivity contribution in [2.75, 3.05) is 12.4 Å². The first-order valence-corrected chi connectivity index (χ1v) is 5.50. The van der Waals surface area contributed by atoms with Crippen LogP contribution in [0, 0.1) is 11.6 Å². The fourth-order valence-electron chi connectivity index (χ4n) is 1.57. The molecule has 19 heavy (non-hydrogen) atoms. The Morgan fingerprint density at radius 3 is 2.32 bits per heavy atom. The summed E-state index contributed by atoms with van der Waals surface area (Å²) >= 11 is 0. The lowest BCUT2D eigenvalue weighted by molar-refractivity contribution is 0.102. The zero-order valence-corrected chi connectivity index (χ0v) is 10.1. The lowest BCUT2D eigenvalue weighted by Crippen LogP contribution is -2.12. The van der Waals surface area contributed by atoms with Crippen LogP contribution in [0.1, 0.15) is 10.4 Å². The Kier molecular flexibility index (Phi) is 3.75. The second kappa shape index (κ2) is 5.48. The van der Waals surface area contributed by atoms with E-state index in [-0.39, 0.29) is 11.3 Å². The minimum absolute atomic E-state index is 0.219. The average molecular weight is 263 g/mol. The fraction of sp³-hybridized carbons (Fsp3) is 0.0714. The van der Waals surface area contributed by atoms with E-state index in [2.05, 4.69) is 5.32 Å². The number of hydrogen-bond donors (Lipinski definition) is 1. The maximum Gasteiger partial charge on any atom is 0.255 e. The highest BCUT2D eigenvalue weighted by molar-refractivity contribution is 6.05. The highest BCUT2D eigenvalue weighted by Crippen LogP contribution is 2.25. The summed E-state index contributed by atoms with van der Waals surface area (Å²) in [5.74, 6) is -1.05. The van der Waals surface area contributed by atoms with Crippen LogP contribution in [0.5, 0.6) is 5.75 Å². The molecular weight excluding hydrogens is 252 g/mol. The molecule has 2 aromatic rings. The van der Waals surface area contributed by atoms with E-state index in [1.54, 1.807) is 0 Å². The molecule has 0 spiro atoms. The Morgan fingerprint density at radius 1 is 1.05 bits per heavy atom. The topological polar surface area (TPSA) is 38.3 Å². The van der Waals surface area contributed by atoms with Crippen molar-refractivity contribution >= 4 is 11.6 Å². The third kappa shape index (κ3) is 3.07. The van der Waals surface area contributed by atoms with Crippen LogP contribution < -0.4 is 10.1 Å². The number of rotatable bonds is 3. The first-order chi connectivity index (χ1) is 9.10.